The van der Waals surface area contributed by atoms with Crippen LogP contribution in [-0.4, -0.2) is 58.2 Å². The van der Waals surface area contributed by atoms with Gasteiger partial charge < -0.3 is 26.0 Å². The van der Waals surface area contributed by atoms with Gasteiger partial charge in [0.05, 0.1) is 65.6 Å². The van der Waals surface area contributed by atoms with Gasteiger partial charge in [0.25, 0.3) is 11.8 Å². The molecule has 2 atom stereocenters. The molecule has 11 nitrogen and oxygen atoms in total. The van der Waals surface area contributed by atoms with Crippen LogP contribution in [0.2, 0.25) is 10.0 Å². The van der Waals surface area contributed by atoms with Crippen molar-refractivity contribution in [2.24, 2.45) is 0 Å². The van der Waals surface area contributed by atoms with Crippen LogP contribution in [-0.2, 0) is 9.68 Å². The quantitative estimate of drug-likeness (QED) is 0.0482. The smallest absolute Gasteiger partial charge is 0.277 e. The summed E-state index contributed by atoms with van der Waals surface area (Å²) in [7, 11) is 0. The van der Waals surface area contributed by atoms with Gasteiger partial charge in [-0.1, -0.05) is 23.2 Å². The van der Waals surface area contributed by atoms with E-state index in [1.165, 1.54) is 32.0 Å². The summed E-state index contributed by atoms with van der Waals surface area (Å²) in [6.45, 7) is 4.11. The first kappa shape index (κ1) is 46.5. The molecule has 0 aliphatic carbocycles. The van der Waals surface area contributed by atoms with Crippen LogP contribution in [0.25, 0.3) is 0 Å². The number of nitrogens with one attached hydrogen (secondary N) is 4. The average Bonchev–Trinajstić information content (AvgIpc) is 3.11. The van der Waals surface area contributed by atoms with Crippen molar-refractivity contribution in [2.45, 2.75) is 45.0 Å². The third-order valence-electron chi connectivity index (χ3n) is 7.28. The predicted octanol–water partition coefficient (Wildman–Crippen LogP) is 9.41. The minimum Gasteiger partial charge on any atom is -0.396 e. The predicted molar refractivity (Wildman–Crippen MR) is 229 cm³/mol. The Morgan fingerprint density at radius 3 is 1.65 bits per heavy atom. The van der Waals surface area contributed by atoms with E-state index in [9.17, 15) is 23.5 Å². The van der Waals surface area contributed by atoms with Gasteiger partial charge in [-0.05, 0) is 165 Å². The van der Waals surface area contributed by atoms with Crippen LogP contribution in [0.1, 0.15) is 47.9 Å². The summed E-state index contributed by atoms with van der Waals surface area (Å²) in [5.41, 5.74) is 4.99. The lowest BCUT2D eigenvalue weighted by molar-refractivity contribution is -0.144. The number of halogens is 8. The van der Waals surface area contributed by atoms with Gasteiger partial charge >= 0.3 is 0 Å². The molecule has 0 bridgehead atoms. The van der Waals surface area contributed by atoms with Crippen molar-refractivity contribution in [1.82, 2.24) is 11.0 Å². The molecule has 0 radical (unpaired) electrons. The van der Waals surface area contributed by atoms with Crippen LogP contribution >= 0.6 is 100 Å². The molecule has 0 fully saturated rings. The number of hydroxylamine groups is 2. The third-order valence-corrected chi connectivity index (χ3v) is 10.5. The summed E-state index contributed by atoms with van der Waals surface area (Å²) >= 11 is 22.8. The molecular weight excluding hydrogens is 1110 g/mol. The number of benzene rings is 4. The standard InChI is InChI=1S/C18H18BrClFIN2O4.C17H16BrClFIN2O3/c1-18(2,16(26)8-25)28-24-17(27)10-6-11(19)13(21)7-15(10)23-14-4-3-9(22)5-12(14)20;1-9(4-5-24)26-23-17(25)11-7-12(18)14(20)8-16(11)22-15-3-2-10(21)6-13(15)19/h3-7,16,23,25-26H,8H2,1-2H3,(H,24,27);2-3,6-9,22,24H,4-5H2,1H3,(H,23,25). The Morgan fingerprint density at radius 2 is 1.24 bits per heavy atom. The van der Waals surface area contributed by atoms with Gasteiger partial charge in [0.2, 0.25) is 0 Å². The summed E-state index contributed by atoms with van der Waals surface area (Å²) in [6.07, 6.45) is -1.21. The number of anilines is 4. The second kappa shape index (κ2) is 21.6. The Kier molecular flexibility index (Phi) is 18.6. The lowest BCUT2D eigenvalue weighted by Crippen LogP contribution is -2.46. The maximum Gasteiger partial charge on any atom is 0.277 e. The zero-order chi connectivity index (χ0) is 40.3. The number of rotatable bonds is 14. The molecule has 4 rings (SSSR count). The monoisotopic (exact) mass is 1140 g/mol. The van der Waals surface area contributed by atoms with Crippen molar-refractivity contribution in [3.8, 4) is 0 Å². The largest absolute Gasteiger partial charge is 0.396 e. The van der Waals surface area contributed by atoms with E-state index in [0.29, 0.717) is 27.8 Å². The van der Waals surface area contributed by atoms with Gasteiger partial charge in [-0.3, -0.25) is 19.3 Å². The van der Waals surface area contributed by atoms with Crippen LogP contribution in [0, 0.1) is 18.8 Å². The highest BCUT2D eigenvalue weighted by atomic mass is 127. The van der Waals surface area contributed by atoms with Crippen molar-refractivity contribution in [1.29, 1.82) is 0 Å². The highest BCUT2D eigenvalue weighted by Gasteiger charge is 2.30. The fourth-order valence-corrected chi connectivity index (χ4v) is 6.61. The van der Waals surface area contributed by atoms with E-state index in [2.05, 4.69) is 98.6 Å². The van der Waals surface area contributed by atoms with E-state index in [4.69, 9.17) is 43.1 Å². The number of aliphatic hydroxyl groups excluding tert-OH is 3. The zero-order valence-electron chi connectivity index (χ0n) is 28.5. The van der Waals surface area contributed by atoms with E-state index >= 15 is 0 Å². The van der Waals surface area contributed by atoms with Crippen molar-refractivity contribution < 1.29 is 43.4 Å². The second-order valence-electron chi connectivity index (χ2n) is 11.8. The molecule has 4 aromatic carbocycles. The van der Waals surface area contributed by atoms with Gasteiger partial charge in [-0.15, -0.1) is 0 Å². The van der Waals surface area contributed by atoms with Crippen LogP contribution in [0.3, 0.4) is 0 Å². The van der Waals surface area contributed by atoms with Gasteiger partial charge in [0, 0.05) is 13.7 Å². The SMILES string of the molecule is CC(C)(ONC(=O)c1cc(Br)c(F)cc1Nc1ccc(I)cc1Cl)C(O)CO.CC(CCO)ONC(=O)c1cc(Br)c(F)cc1Nc1ccc(I)cc1Cl. The fourth-order valence-electron chi connectivity index (χ4n) is 4.12. The topological polar surface area (TPSA) is 161 Å². The first-order valence-corrected chi connectivity index (χ1v) is 20.1. The summed E-state index contributed by atoms with van der Waals surface area (Å²) in [4.78, 5) is 35.5. The lowest BCUT2D eigenvalue weighted by Gasteiger charge is -2.28. The molecule has 0 saturated carbocycles. The van der Waals surface area contributed by atoms with Crippen molar-refractivity contribution >= 4 is 135 Å². The summed E-state index contributed by atoms with van der Waals surface area (Å²) in [5.74, 6) is -2.33. The lowest BCUT2D eigenvalue weighted by atomic mass is 10.0. The molecule has 0 aliphatic rings. The molecule has 0 heterocycles. The summed E-state index contributed by atoms with van der Waals surface area (Å²) in [5, 5.41) is 34.5. The molecular formula is C35H34Br2Cl2F2I2N4O7. The highest BCUT2D eigenvalue weighted by molar-refractivity contribution is 14.1. The Hall–Kier alpha value is -1.92. The van der Waals surface area contributed by atoms with Crippen LogP contribution < -0.4 is 21.6 Å². The molecule has 0 saturated heterocycles. The third kappa shape index (κ3) is 13.6. The minimum absolute atomic E-state index is 0.0583. The van der Waals surface area contributed by atoms with Crippen molar-refractivity contribution in [2.75, 3.05) is 23.8 Å². The van der Waals surface area contributed by atoms with Crippen LogP contribution in [0.4, 0.5) is 31.5 Å². The Labute approximate surface area is 364 Å². The van der Waals surface area contributed by atoms with Gasteiger partial charge in [0.15, 0.2) is 0 Å². The van der Waals surface area contributed by atoms with E-state index in [1.54, 1.807) is 31.2 Å². The molecule has 2 amide bonds. The number of amides is 2. The summed E-state index contributed by atoms with van der Waals surface area (Å²) < 4.78 is 30.2. The first-order valence-electron chi connectivity index (χ1n) is 15.6. The molecule has 2 unspecified atom stereocenters. The van der Waals surface area contributed by atoms with Crippen molar-refractivity contribution in [3.63, 3.8) is 0 Å². The molecule has 7 N–H and O–H groups in total. The Morgan fingerprint density at radius 1 is 0.796 bits per heavy atom. The number of carbonyl (C=O) groups excluding carboxylic acids is 2. The van der Waals surface area contributed by atoms with Gasteiger partial charge in [-0.25, -0.2) is 19.7 Å². The maximum atomic E-state index is 14.1. The molecule has 0 spiro atoms. The van der Waals surface area contributed by atoms with E-state index in [-0.39, 0.29) is 44.2 Å². The summed E-state index contributed by atoms with van der Waals surface area (Å²) in [6, 6.07) is 15.6. The fraction of sp³-hybridized carbons (Fsp3) is 0.257. The number of hydrogen-bond acceptors (Lipinski definition) is 9. The number of hydrogen-bond donors (Lipinski definition) is 7. The van der Waals surface area contributed by atoms with Crippen molar-refractivity contribution in [3.05, 3.63) is 110 Å². The van der Waals surface area contributed by atoms with Crippen LogP contribution in [0.5, 0.6) is 0 Å². The van der Waals surface area contributed by atoms with Crippen LogP contribution in [0.15, 0.2) is 69.6 Å². The van der Waals surface area contributed by atoms with E-state index < -0.39 is 41.8 Å². The molecule has 292 valence electrons. The molecule has 0 aromatic heterocycles. The number of carbonyl (C=O) groups is 2. The molecule has 19 heteroatoms. The van der Waals surface area contributed by atoms with E-state index in [1.807, 2.05) is 12.1 Å². The molecule has 54 heavy (non-hydrogen) atoms. The molecule has 4 aromatic rings. The van der Waals surface area contributed by atoms with E-state index in [0.717, 1.165) is 13.2 Å². The first-order chi connectivity index (χ1) is 25.4. The second-order valence-corrected chi connectivity index (χ2v) is 16.8. The number of aliphatic hydroxyl groups is 3. The van der Waals surface area contributed by atoms with Gasteiger partial charge in [0.1, 0.15) is 23.3 Å². The minimum atomic E-state index is -1.24. The maximum absolute atomic E-state index is 14.1. The highest BCUT2D eigenvalue weighted by Crippen LogP contribution is 2.33. The normalized spacial score (nSPS) is 12.3. The zero-order valence-corrected chi connectivity index (χ0v) is 37.5. The Balaban J connectivity index is 0.000000291. The Bertz CT molecular complexity index is 1970. The van der Waals surface area contributed by atoms with Gasteiger partial charge in [-0.2, -0.15) is 0 Å². The average molecular weight is 1150 g/mol. The molecule has 0 aliphatic heterocycles.